The summed E-state index contributed by atoms with van der Waals surface area (Å²) in [5.74, 6) is 1.82. The molecule has 1 aromatic heterocycles. The zero-order valence-electron chi connectivity index (χ0n) is 12.3. The third-order valence-corrected chi connectivity index (χ3v) is 3.37. The van der Waals surface area contributed by atoms with Crippen molar-refractivity contribution in [1.29, 1.82) is 0 Å². The molecule has 1 atom stereocenters. The Labute approximate surface area is 111 Å². The van der Waals surface area contributed by atoms with Gasteiger partial charge in [0.1, 0.15) is 12.2 Å². The summed E-state index contributed by atoms with van der Waals surface area (Å²) in [6, 6.07) is 0.628. The highest BCUT2D eigenvalue weighted by atomic mass is 15.3. The van der Waals surface area contributed by atoms with Gasteiger partial charge in [-0.2, -0.15) is 5.10 Å². The average molecular weight is 252 g/mol. The number of nitrogens with one attached hydrogen (secondary N) is 1. The molecular formula is C14H28N4. The van der Waals surface area contributed by atoms with Crippen LogP contribution in [0.15, 0.2) is 6.33 Å². The van der Waals surface area contributed by atoms with E-state index in [0.29, 0.717) is 12.0 Å². The van der Waals surface area contributed by atoms with E-state index < -0.39 is 0 Å². The van der Waals surface area contributed by atoms with Crippen LogP contribution >= 0.6 is 0 Å². The SMILES string of the molecule is CCCNC(CCCc1ncnn1CC)C(C)C. The summed E-state index contributed by atoms with van der Waals surface area (Å²) in [4.78, 5) is 4.32. The van der Waals surface area contributed by atoms with Gasteiger partial charge in [-0.15, -0.1) is 0 Å². The molecule has 1 unspecified atom stereocenters. The Kier molecular flexibility index (Phi) is 6.94. The molecule has 104 valence electrons. The lowest BCUT2D eigenvalue weighted by atomic mass is 9.98. The zero-order valence-corrected chi connectivity index (χ0v) is 12.3. The maximum atomic E-state index is 4.32. The van der Waals surface area contributed by atoms with Crippen molar-refractivity contribution < 1.29 is 0 Å². The molecule has 0 aliphatic carbocycles. The third-order valence-electron chi connectivity index (χ3n) is 3.37. The molecule has 0 bridgehead atoms. The maximum Gasteiger partial charge on any atom is 0.138 e. The lowest BCUT2D eigenvalue weighted by Gasteiger charge is -2.22. The van der Waals surface area contributed by atoms with E-state index in [-0.39, 0.29) is 0 Å². The number of hydrogen-bond acceptors (Lipinski definition) is 3. The highest BCUT2D eigenvalue weighted by molar-refractivity contribution is 4.85. The molecule has 0 aromatic carbocycles. The highest BCUT2D eigenvalue weighted by Crippen LogP contribution is 2.11. The smallest absolute Gasteiger partial charge is 0.138 e. The molecule has 0 aliphatic heterocycles. The van der Waals surface area contributed by atoms with E-state index in [0.717, 1.165) is 25.3 Å². The molecule has 1 rings (SSSR count). The van der Waals surface area contributed by atoms with Gasteiger partial charge in [-0.1, -0.05) is 20.8 Å². The molecular weight excluding hydrogens is 224 g/mol. The number of hydrogen-bond donors (Lipinski definition) is 1. The topological polar surface area (TPSA) is 42.7 Å². The second kappa shape index (κ2) is 8.25. The van der Waals surface area contributed by atoms with Crippen LogP contribution < -0.4 is 5.32 Å². The fraction of sp³-hybridized carbons (Fsp3) is 0.857. The number of aromatic nitrogens is 3. The van der Waals surface area contributed by atoms with Gasteiger partial charge in [-0.3, -0.25) is 4.68 Å². The van der Waals surface area contributed by atoms with E-state index in [2.05, 4.69) is 43.1 Å². The molecule has 0 saturated heterocycles. The molecule has 0 amide bonds. The molecule has 0 spiro atoms. The monoisotopic (exact) mass is 252 g/mol. The molecule has 4 heteroatoms. The van der Waals surface area contributed by atoms with Crippen molar-refractivity contribution in [2.24, 2.45) is 5.92 Å². The van der Waals surface area contributed by atoms with E-state index in [9.17, 15) is 0 Å². The van der Waals surface area contributed by atoms with Gasteiger partial charge in [0.25, 0.3) is 0 Å². The van der Waals surface area contributed by atoms with Crippen molar-refractivity contribution in [3.63, 3.8) is 0 Å². The van der Waals surface area contributed by atoms with Crippen molar-refractivity contribution in [3.8, 4) is 0 Å². The second-order valence-electron chi connectivity index (χ2n) is 5.19. The Morgan fingerprint density at radius 1 is 1.33 bits per heavy atom. The lowest BCUT2D eigenvalue weighted by molar-refractivity contribution is 0.368. The quantitative estimate of drug-likeness (QED) is 0.734. The van der Waals surface area contributed by atoms with Crippen LogP contribution in [0.25, 0.3) is 0 Å². The van der Waals surface area contributed by atoms with Gasteiger partial charge >= 0.3 is 0 Å². The van der Waals surface area contributed by atoms with Crippen LogP contribution in [0.1, 0.15) is 52.8 Å². The van der Waals surface area contributed by atoms with Crippen molar-refractivity contribution in [2.45, 2.75) is 66.0 Å². The highest BCUT2D eigenvalue weighted by Gasteiger charge is 2.12. The van der Waals surface area contributed by atoms with E-state index in [1.807, 2.05) is 4.68 Å². The van der Waals surface area contributed by atoms with Crippen LogP contribution in [0.5, 0.6) is 0 Å². The van der Waals surface area contributed by atoms with Crippen LogP contribution in [0, 0.1) is 5.92 Å². The molecule has 1 aromatic rings. The first-order valence-electron chi connectivity index (χ1n) is 7.29. The average Bonchev–Trinajstić information content (AvgIpc) is 2.80. The molecule has 0 radical (unpaired) electrons. The van der Waals surface area contributed by atoms with Crippen LogP contribution in [0.4, 0.5) is 0 Å². The summed E-state index contributed by atoms with van der Waals surface area (Å²) in [5, 5.41) is 7.84. The zero-order chi connectivity index (χ0) is 13.4. The Balaban J connectivity index is 2.34. The molecule has 0 saturated carbocycles. The van der Waals surface area contributed by atoms with Crippen LogP contribution in [-0.2, 0) is 13.0 Å². The van der Waals surface area contributed by atoms with Gasteiger partial charge in [0.2, 0.25) is 0 Å². The number of rotatable bonds is 9. The second-order valence-corrected chi connectivity index (χ2v) is 5.19. The first-order valence-corrected chi connectivity index (χ1v) is 7.29. The van der Waals surface area contributed by atoms with Gasteiger partial charge in [0, 0.05) is 19.0 Å². The predicted octanol–water partition coefficient (Wildman–Crippen LogP) is 2.64. The van der Waals surface area contributed by atoms with Crippen molar-refractivity contribution in [3.05, 3.63) is 12.2 Å². The summed E-state index contributed by atoms with van der Waals surface area (Å²) in [6.45, 7) is 10.9. The van der Waals surface area contributed by atoms with Gasteiger partial charge in [0.05, 0.1) is 0 Å². The summed E-state index contributed by atoms with van der Waals surface area (Å²) in [6.07, 6.45) is 6.29. The van der Waals surface area contributed by atoms with Gasteiger partial charge in [-0.25, -0.2) is 4.98 Å². The van der Waals surface area contributed by atoms with Gasteiger partial charge in [0.15, 0.2) is 0 Å². The molecule has 0 aliphatic rings. The molecule has 4 nitrogen and oxygen atoms in total. The van der Waals surface area contributed by atoms with Crippen LogP contribution in [-0.4, -0.2) is 27.4 Å². The van der Waals surface area contributed by atoms with Crippen molar-refractivity contribution in [2.75, 3.05) is 6.54 Å². The summed E-state index contributed by atoms with van der Waals surface area (Å²) in [7, 11) is 0. The Bertz CT molecular complexity index is 319. The first kappa shape index (κ1) is 15.2. The minimum atomic E-state index is 0.628. The predicted molar refractivity (Wildman–Crippen MR) is 75.6 cm³/mol. The lowest BCUT2D eigenvalue weighted by Crippen LogP contribution is -2.34. The molecule has 1 heterocycles. The van der Waals surface area contributed by atoms with Crippen molar-refractivity contribution >= 4 is 0 Å². The number of aryl methyl sites for hydroxylation is 2. The Hall–Kier alpha value is -0.900. The fourth-order valence-electron chi connectivity index (χ4n) is 2.23. The largest absolute Gasteiger partial charge is 0.314 e. The Morgan fingerprint density at radius 2 is 2.11 bits per heavy atom. The van der Waals surface area contributed by atoms with E-state index in [1.54, 1.807) is 6.33 Å². The van der Waals surface area contributed by atoms with Crippen molar-refractivity contribution in [1.82, 2.24) is 20.1 Å². The first-order chi connectivity index (χ1) is 8.69. The van der Waals surface area contributed by atoms with Crippen LogP contribution in [0.3, 0.4) is 0 Å². The molecule has 18 heavy (non-hydrogen) atoms. The fourth-order valence-corrected chi connectivity index (χ4v) is 2.23. The van der Waals surface area contributed by atoms with E-state index in [4.69, 9.17) is 0 Å². The summed E-state index contributed by atoms with van der Waals surface area (Å²) >= 11 is 0. The minimum Gasteiger partial charge on any atom is -0.314 e. The van der Waals surface area contributed by atoms with Gasteiger partial charge < -0.3 is 5.32 Å². The molecule has 0 fully saturated rings. The van der Waals surface area contributed by atoms with Gasteiger partial charge in [-0.05, 0) is 38.6 Å². The van der Waals surface area contributed by atoms with E-state index >= 15 is 0 Å². The normalized spacial score (nSPS) is 13.2. The summed E-state index contributed by atoms with van der Waals surface area (Å²) < 4.78 is 1.99. The molecule has 1 N–H and O–H groups in total. The maximum absolute atomic E-state index is 4.32. The number of nitrogens with zero attached hydrogens (tertiary/aromatic N) is 3. The summed E-state index contributed by atoms with van der Waals surface area (Å²) in [5.41, 5.74) is 0. The van der Waals surface area contributed by atoms with Crippen LogP contribution in [0.2, 0.25) is 0 Å². The third kappa shape index (κ3) is 4.77. The Morgan fingerprint density at radius 3 is 2.72 bits per heavy atom. The minimum absolute atomic E-state index is 0.628. The standard InChI is InChI=1S/C14H28N4/c1-5-10-15-13(12(3)4)8-7-9-14-16-11-17-18(14)6-2/h11-13,15H,5-10H2,1-4H3. The van der Waals surface area contributed by atoms with E-state index in [1.165, 1.54) is 19.3 Å².